The van der Waals surface area contributed by atoms with Crippen LogP contribution in [0, 0.1) is 0 Å². The Hall–Kier alpha value is -1.51. The smallest absolute Gasteiger partial charge is 0.275 e. The van der Waals surface area contributed by atoms with Crippen molar-refractivity contribution in [1.29, 1.82) is 0 Å². The number of thiazole rings is 1. The Morgan fingerprint density at radius 1 is 1.48 bits per heavy atom. The van der Waals surface area contributed by atoms with Gasteiger partial charge in [-0.05, 0) is 36.0 Å². The molecule has 0 aromatic carbocycles. The maximum atomic E-state index is 12.3. The van der Waals surface area contributed by atoms with Crippen LogP contribution in [-0.2, 0) is 0 Å². The summed E-state index contributed by atoms with van der Waals surface area (Å²) in [6.07, 6.45) is 3.45. The van der Waals surface area contributed by atoms with E-state index in [-0.39, 0.29) is 5.91 Å². The van der Waals surface area contributed by atoms with Crippen molar-refractivity contribution >= 4 is 44.5 Å². The Kier molecular flexibility index (Phi) is 4.93. The molecule has 1 fully saturated rings. The molecule has 0 aliphatic carbocycles. The molecule has 0 radical (unpaired) electrons. The second kappa shape index (κ2) is 6.94. The third-order valence-corrected chi connectivity index (χ3v) is 5.42. The first-order chi connectivity index (χ1) is 11.0. The van der Waals surface area contributed by atoms with Crippen LogP contribution in [0.4, 0.5) is 11.4 Å². The van der Waals surface area contributed by atoms with Gasteiger partial charge in [0.25, 0.3) is 5.91 Å². The van der Waals surface area contributed by atoms with E-state index in [1.165, 1.54) is 11.3 Å². The monoisotopic (exact) mass is 395 g/mol. The van der Waals surface area contributed by atoms with Crippen LogP contribution < -0.4 is 10.2 Å². The lowest BCUT2D eigenvalue weighted by molar-refractivity contribution is 0.102. The molecule has 0 saturated carbocycles. The van der Waals surface area contributed by atoms with Gasteiger partial charge in [0.15, 0.2) is 3.92 Å². The zero-order chi connectivity index (χ0) is 16.4. The molecule has 0 spiro atoms. The number of nitrogens with zero attached hydrogens (tertiary/aromatic N) is 4. The number of carbonyl (C=O) groups is 1. The summed E-state index contributed by atoms with van der Waals surface area (Å²) in [4.78, 5) is 25.3. The molecule has 6 nitrogen and oxygen atoms in total. The van der Waals surface area contributed by atoms with Crippen LogP contribution in [0.2, 0.25) is 0 Å². The lowest BCUT2D eigenvalue weighted by Crippen LogP contribution is -2.50. The van der Waals surface area contributed by atoms with Gasteiger partial charge in [0.05, 0.1) is 17.6 Å². The number of pyridine rings is 1. The highest BCUT2D eigenvalue weighted by molar-refractivity contribution is 9.11. The highest BCUT2D eigenvalue weighted by Gasteiger charge is 2.23. The molecule has 0 unspecified atom stereocenters. The molecule has 122 valence electrons. The van der Waals surface area contributed by atoms with Gasteiger partial charge in [0, 0.05) is 37.3 Å². The molecule has 2 aromatic heterocycles. The summed E-state index contributed by atoms with van der Waals surface area (Å²) in [7, 11) is 2.14. The number of halogens is 1. The summed E-state index contributed by atoms with van der Waals surface area (Å²) in [5, 5.41) is 4.66. The van der Waals surface area contributed by atoms with E-state index in [0.717, 1.165) is 31.0 Å². The molecule has 0 bridgehead atoms. The molecule has 2 aromatic rings. The summed E-state index contributed by atoms with van der Waals surface area (Å²) >= 11 is 4.67. The van der Waals surface area contributed by atoms with Gasteiger partial charge < -0.3 is 15.1 Å². The second-order valence-corrected chi connectivity index (χ2v) is 7.74. The Morgan fingerprint density at radius 2 is 2.30 bits per heavy atom. The number of anilines is 2. The number of aromatic nitrogens is 2. The van der Waals surface area contributed by atoms with Crippen molar-refractivity contribution in [2.75, 3.05) is 36.9 Å². The first-order valence-electron chi connectivity index (χ1n) is 7.36. The standard InChI is InChI=1S/C15H18BrN5OS/c1-10-8-21(6-5-20(10)2)13-3-4-17-7-11(13)18-14(22)12-9-23-15(16)19-12/h3-4,7,9-10H,5-6,8H2,1-2H3,(H,18,22)/t10-/m0/s1. The molecular formula is C15H18BrN5OS. The van der Waals surface area contributed by atoms with E-state index in [0.29, 0.717) is 15.7 Å². The summed E-state index contributed by atoms with van der Waals surface area (Å²) < 4.78 is 0.696. The molecule has 1 atom stereocenters. The minimum atomic E-state index is -0.219. The number of carbonyl (C=O) groups excluding carboxylic acids is 1. The largest absolute Gasteiger partial charge is 0.367 e. The SMILES string of the molecule is C[C@H]1CN(c2ccncc2NC(=O)c2csc(Br)n2)CCN1C. The van der Waals surface area contributed by atoms with Gasteiger partial charge in [-0.2, -0.15) is 0 Å². The van der Waals surface area contributed by atoms with Crippen molar-refractivity contribution in [2.24, 2.45) is 0 Å². The highest BCUT2D eigenvalue weighted by atomic mass is 79.9. The predicted octanol–water partition coefficient (Wildman–Crippen LogP) is 2.69. The number of nitrogens with one attached hydrogen (secondary N) is 1. The van der Waals surface area contributed by atoms with Crippen molar-refractivity contribution in [3.63, 3.8) is 0 Å². The average molecular weight is 396 g/mol. The molecular weight excluding hydrogens is 378 g/mol. The minimum Gasteiger partial charge on any atom is -0.367 e. The topological polar surface area (TPSA) is 61.4 Å². The van der Waals surface area contributed by atoms with E-state index < -0.39 is 0 Å². The lowest BCUT2D eigenvalue weighted by atomic mass is 10.2. The van der Waals surface area contributed by atoms with Crippen LogP contribution in [0.3, 0.4) is 0 Å². The Balaban J connectivity index is 1.79. The molecule has 1 saturated heterocycles. The van der Waals surface area contributed by atoms with Gasteiger partial charge in [0.2, 0.25) is 0 Å². The predicted molar refractivity (Wildman–Crippen MR) is 96.3 cm³/mol. The van der Waals surface area contributed by atoms with Crippen LogP contribution >= 0.6 is 27.3 Å². The number of amides is 1. The van der Waals surface area contributed by atoms with Crippen molar-refractivity contribution in [3.05, 3.63) is 33.5 Å². The van der Waals surface area contributed by atoms with Gasteiger partial charge in [-0.1, -0.05) is 0 Å². The van der Waals surface area contributed by atoms with E-state index >= 15 is 0 Å². The number of rotatable bonds is 3. The van der Waals surface area contributed by atoms with E-state index in [1.807, 2.05) is 6.07 Å². The van der Waals surface area contributed by atoms with Crippen LogP contribution in [0.25, 0.3) is 0 Å². The Labute approximate surface area is 147 Å². The first-order valence-corrected chi connectivity index (χ1v) is 9.03. The minimum absolute atomic E-state index is 0.219. The highest BCUT2D eigenvalue weighted by Crippen LogP contribution is 2.27. The third kappa shape index (κ3) is 3.70. The molecule has 8 heteroatoms. The summed E-state index contributed by atoms with van der Waals surface area (Å²) in [5.74, 6) is -0.219. The Bertz CT molecular complexity index is 707. The average Bonchev–Trinajstić information content (AvgIpc) is 2.97. The van der Waals surface area contributed by atoms with Crippen LogP contribution in [-0.4, -0.2) is 53.5 Å². The number of piperazine rings is 1. The molecule has 1 N–H and O–H groups in total. The van der Waals surface area contributed by atoms with E-state index in [4.69, 9.17) is 0 Å². The fourth-order valence-electron chi connectivity index (χ4n) is 2.57. The molecule has 1 aliphatic rings. The zero-order valence-electron chi connectivity index (χ0n) is 13.0. The van der Waals surface area contributed by atoms with Crippen LogP contribution in [0.15, 0.2) is 27.8 Å². The quantitative estimate of drug-likeness (QED) is 0.865. The van der Waals surface area contributed by atoms with Crippen LogP contribution in [0.5, 0.6) is 0 Å². The number of likely N-dealkylation sites (N-methyl/N-ethyl adjacent to an activating group) is 1. The van der Waals surface area contributed by atoms with Crippen molar-refractivity contribution in [3.8, 4) is 0 Å². The number of hydrogen-bond acceptors (Lipinski definition) is 6. The summed E-state index contributed by atoms with van der Waals surface area (Å²) in [6, 6.07) is 2.42. The van der Waals surface area contributed by atoms with E-state index in [1.54, 1.807) is 17.8 Å². The molecule has 3 heterocycles. The molecule has 1 aliphatic heterocycles. The molecule has 3 rings (SSSR count). The fraction of sp³-hybridized carbons (Fsp3) is 0.400. The summed E-state index contributed by atoms with van der Waals surface area (Å²) in [6.45, 7) is 5.05. The van der Waals surface area contributed by atoms with Gasteiger partial charge in [-0.3, -0.25) is 9.78 Å². The second-order valence-electron chi connectivity index (χ2n) is 5.61. The third-order valence-electron chi connectivity index (χ3n) is 4.06. The van der Waals surface area contributed by atoms with E-state index in [2.05, 4.69) is 55.0 Å². The van der Waals surface area contributed by atoms with Gasteiger partial charge in [-0.25, -0.2) is 4.98 Å². The van der Waals surface area contributed by atoms with Gasteiger partial charge >= 0.3 is 0 Å². The van der Waals surface area contributed by atoms with E-state index in [9.17, 15) is 4.79 Å². The Morgan fingerprint density at radius 3 is 3.00 bits per heavy atom. The maximum absolute atomic E-state index is 12.3. The van der Waals surface area contributed by atoms with Crippen LogP contribution in [0.1, 0.15) is 17.4 Å². The van der Waals surface area contributed by atoms with Gasteiger partial charge in [0.1, 0.15) is 5.69 Å². The van der Waals surface area contributed by atoms with Gasteiger partial charge in [-0.15, -0.1) is 11.3 Å². The normalized spacial score (nSPS) is 18.9. The van der Waals surface area contributed by atoms with Crippen molar-refractivity contribution < 1.29 is 4.79 Å². The zero-order valence-corrected chi connectivity index (χ0v) is 15.4. The lowest BCUT2D eigenvalue weighted by Gasteiger charge is -2.39. The number of hydrogen-bond donors (Lipinski definition) is 1. The van der Waals surface area contributed by atoms with Crippen molar-refractivity contribution in [2.45, 2.75) is 13.0 Å². The molecule has 1 amide bonds. The first kappa shape index (κ1) is 16.4. The molecule has 23 heavy (non-hydrogen) atoms. The summed E-state index contributed by atoms with van der Waals surface area (Å²) in [5.41, 5.74) is 2.13. The maximum Gasteiger partial charge on any atom is 0.275 e. The fourth-order valence-corrected chi connectivity index (χ4v) is 3.56. The van der Waals surface area contributed by atoms with Crippen molar-refractivity contribution in [1.82, 2.24) is 14.9 Å².